The lowest BCUT2D eigenvalue weighted by molar-refractivity contribution is -0.131. The molecule has 0 radical (unpaired) electrons. The molecule has 0 atom stereocenters. The molecule has 1 aromatic heterocycles. The quantitative estimate of drug-likeness (QED) is 0.342. The summed E-state index contributed by atoms with van der Waals surface area (Å²) in [5, 5.41) is 26.2. The number of carbonyl (C=O) groups is 1. The molecule has 2 aromatic carbocycles. The minimum Gasteiger partial charge on any atom is -0.507 e. The van der Waals surface area contributed by atoms with E-state index in [0.29, 0.717) is 32.9 Å². The van der Waals surface area contributed by atoms with E-state index >= 15 is 0 Å². The first kappa shape index (κ1) is 20.7. The number of aromatic hydroxyl groups is 1. The van der Waals surface area contributed by atoms with Gasteiger partial charge in [0.25, 0.3) is 0 Å². The summed E-state index contributed by atoms with van der Waals surface area (Å²) < 4.78 is 11.0. The van der Waals surface area contributed by atoms with Crippen LogP contribution in [0.2, 0.25) is 0 Å². The highest BCUT2D eigenvalue weighted by Crippen LogP contribution is 2.32. The third-order valence-electron chi connectivity index (χ3n) is 3.77. The van der Waals surface area contributed by atoms with Gasteiger partial charge in [0, 0.05) is 11.6 Å². The molecule has 10 heteroatoms. The number of carboxylic acids is 1. The molecule has 150 valence electrons. The molecular formula is C19H16BrN3O5S. The summed E-state index contributed by atoms with van der Waals surface area (Å²) in [4.78, 5) is 16.0. The van der Waals surface area contributed by atoms with Crippen molar-refractivity contribution < 1.29 is 24.5 Å². The van der Waals surface area contributed by atoms with E-state index < -0.39 is 5.97 Å². The molecule has 0 aliphatic rings. The van der Waals surface area contributed by atoms with Gasteiger partial charge in [-0.05, 0) is 63.6 Å². The van der Waals surface area contributed by atoms with Crippen molar-refractivity contribution >= 4 is 39.7 Å². The average molecular weight is 478 g/mol. The van der Waals surface area contributed by atoms with Gasteiger partial charge in [-0.3, -0.25) is 5.10 Å². The Morgan fingerprint density at radius 3 is 2.45 bits per heavy atom. The van der Waals surface area contributed by atoms with Crippen LogP contribution >= 0.6 is 27.7 Å². The average Bonchev–Trinajstić information content (AvgIpc) is 3.18. The number of phenols is 1. The lowest BCUT2D eigenvalue weighted by atomic mass is 10.2. The van der Waals surface area contributed by atoms with Crippen molar-refractivity contribution in [1.29, 1.82) is 0 Å². The number of H-pyrrole nitrogens is 1. The lowest BCUT2D eigenvalue weighted by Crippen LogP contribution is -1.97. The van der Waals surface area contributed by atoms with Crippen molar-refractivity contribution in [3.8, 4) is 28.6 Å². The number of ether oxygens (including phenoxy) is 2. The van der Waals surface area contributed by atoms with E-state index in [0.717, 1.165) is 11.8 Å². The Morgan fingerprint density at radius 2 is 1.86 bits per heavy atom. The standard InChI is InChI=1S/C19H16BrN3O5S/c1-27-12-7-11(8-13(9-12)28-2)17-21-19(23-22-17)29-16(18(25)26)6-10-3-4-15(24)14(20)5-10/h3-9,24H,1-2H3,(H,25,26)(H,21,22,23)/b16-6-. The zero-order valence-electron chi connectivity index (χ0n) is 15.3. The molecule has 0 unspecified atom stereocenters. The van der Waals surface area contributed by atoms with Crippen LogP contribution < -0.4 is 9.47 Å². The van der Waals surface area contributed by atoms with Crippen LogP contribution in [0.4, 0.5) is 0 Å². The van der Waals surface area contributed by atoms with Gasteiger partial charge in [-0.15, -0.1) is 5.10 Å². The van der Waals surface area contributed by atoms with Crippen molar-refractivity contribution in [2.24, 2.45) is 0 Å². The van der Waals surface area contributed by atoms with Crippen LogP contribution in [-0.2, 0) is 4.79 Å². The second kappa shape index (κ2) is 9.01. The first-order valence-corrected chi connectivity index (χ1v) is 9.77. The summed E-state index contributed by atoms with van der Waals surface area (Å²) in [7, 11) is 3.09. The summed E-state index contributed by atoms with van der Waals surface area (Å²) in [6.07, 6.45) is 1.47. The number of hydrogen-bond donors (Lipinski definition) is 3. The Balaban J connectivity index is 1.88. The van der Waals surface area contributed by atoms with Crippen LogP contribution in [0.15, 0.2) is 50.9 Å². The third kappa shape index (κ3) is 5.09. The summed E-state index contributed by atoms with van der Waals surface area (Å²) in [5.41, 5.74) is 1.29. The lowest BCUT2D eigenvalue weighted by Gasteiger charge is -2.06. The van der Waals surface area contributed by atoms with E-state index in [4.69, 9.17) is 9.47 Å². The zero-order valence-corrected chi connectivity index (χ0v) is 17.7. The van der Waals surface area contributed by atoms with Gasteiger partial charge in [0.15, 0.2) is 5.82 Å². The molecule has 0 amide bonds. The topological polar surface area (TPSA) is 118 Å². The first-order valence-electron chi connectivity index (χ1n) is 8.17. The van der Waals surface area contributed by atoms with Gasteiger partial charge >= 0.3 is 5.97 Å². The van der Waals surface area contributed by atoms with Gasteiger partial charge in [-0.2, -0.15) is 0 Å². The van der Waals surface area contributed by atoms with E-state index in [9.17, 15) is 15.0 Å². The maximum absolute atomic E-state index is 11.7. The molecular weight excluding hydrogens is 462 g/mol. The number of benzene rings is 2. The highest BCUT2D eigenvalue weighted by atomic mass is 79.9. The Kier molecular flexibility index (Phi) is 6.45. The first-order chi connectivity index (χ1) is 13.9. The number of carboxylic acid groups (broad SMARTS) is 1. The Morgan fingerprint density at radius 1 is 1.17 bits per heavy atom. The molecule has 8 nitrogen and oxygen atoms in total. The van der Waals surface area contributed by atoms with Gasteiger partial charge in [-0.1, -0.05) is 6.07 Å². The second-order valence-electron chi connectivity index (χ2n) is 5.69. The Bertz CT molecular complexity index is 1060. The van der Waals surface area contributed by atoms with Gasteiger partial charge in [-0.25, -0.2) is 9.78 Å². The van der Waals surface area contributed by atoms with Crippen molar-refractivity contribution in [1.82, 2.24) is 15.2 Å². The summed E-state index contributed by atoms with van der Waals surface area (Å²) in [5.74, 6) is 0.581. The number of aromatic nitrogens is 3. The molecule has 1 heterocycles. The number of phenolic OH excluding ortho intramolecular Hbond substituents is 1. The van der Waals surface area contributed by atoms with Crippen molar-refractivity contribution in [2.75, 3.05) is 14.2 Å². The maximum Gasteiger partial charge on any atom is 0.342 e. The maximum atomic E-state index is 11.7. The van der Waals surface area contributed by atoms with Crippen LogP contribution in [0.1, 0.15) is 5.56 Å². The number of hydrogen-bond acceptors (Lipinski definition) is 7. The van der Waals surface area contributed by atoms with Gasteiger partial charge in [0.05, 0.1) is 18.7 Å². The SMILES string of the molecule is COc1cc(OC)cc(-c2nc(S/C(=C\c3ccc(O)c(Br)c3)C(=O)O)n[nH]2)c1. The van der Waals surface area contributed by atoms with Crippen molar-refractivity contribution in [3.63, 3.8) is 0 Å². The highest BCUT2D eigenvalue weighted by Gasteiger charge is 2.15. The molecule has 3 rings (SSSR count). The van der Waals surface area contributed by atoms with E-state index in [-0.39, 0.29) is 15.8 Å². The van der Waals surface area contributed by atoms with Crippen LogP contribution in [-0.4, -0.2) is 45.6 Å². The van der Waals surface area contributed by atoms with E-state index in [2.05, 4.69) is 31.1 Å². The number of aliphatic carboxylic acids is 1. The van der Waals surface area contributed by atoms with E-state index in [1.54, 1.807) is 44.6 Å². The number of methoxy groups -OCH3 is 2. The molecule has 29 heavy (non-hydrogen) atoms. The monoisotopic (exact) mass is 477 g/mol. The number of rotatable bonds is 7. The molecule has 0 bridgehead atoms. The van der Waals surface area contributed by atoms with Gasteiger partial charge in [0.2, 0.25) is 5.16 Å². The molecule has 0 aliphatic carbocycles. The van der Waals surface area contributed by atoms with E-state index in [1.165, 1.54) is 12.1 Å². The zero-order chi connectivity index (χ0) is 21.0. The molecule has 3 N–H and O–H groups in total. The van der Waals surface area contributed by atoms with Crippen LogP contribution in [0.3, 0.4) is 0 Å². The van der Waals surface area contributed by atoms with Crippen LogP contribution in [0, 0.1) is 0 Å². The number of thioether (sulfide) groups is 1. The fourth-order valence-corrected chi connectivity index (χ4v) is 3.47. The normalized spacial score (nSPS) is 11.3. The number of halogens is 1. The fraction of sp³-hybridized carbons (Fsp3) is 0.105. The van der Waals surface area contributed by atoms with E-state index in [1.807, 2.05) is 0 Å². The summed E-state index contributed by atoms with van der Waals surface area (Å²) in [6.45, 7) is 0. The number of aromatic amines is 1. The predicted molar refractivity (Wildman–Crippen MR) is 112 cm³/mol. The Hall–Kier alpha value is -2.98. The van der Waals surface area contributed by atoms with Crippen molar-refractivity contribution in [3.05, 3.63) is 51.3 Å². The smallest absolute Gasteiger partial charge is 0.342 e. The van der Waals surface area contributed by atoms with Crippen LogP contribution in [0.25, 0.3) is 17.5 Å². The minimum atomic E-state index is -1.12. The molecule has 0 spiro atoms. The highest BCUT2D eigenvalue weighted by molar-refractivity contribution is 9.10. The largest absolute Gasteiger partial charge is 0.507 e. The molecule has 0 saturated heterocycles. The second-order valence-corrected chi connectivity index (χ2v) is 7.56. The molecule has 0 fully saturated rings. The number of nitrogens with zero attached hydrogens (tertiary/aromatic N) is 2. The van der Waals surface area contributed by atoms with Crippen molar-refractivity contribution in [2.45, 2.75) is 5.16 Å². The number of nitrogens with one attached hydrogen (secondary N) is 1. The third-order valence-corrected chi connectivity index (χ3v) is 5.28. The molecule has 0 saturated carbocycles. The fourth-order valence-electron chi connectivity index (χ4n) is 2.36. The predicted octanol–water partition coefficient (Wildman–Crippen LogP) is 4.17. The Labute approximate surface area is 178 Å². The molecule has 0 aliphatic heterocycles. The minimum absolute atomic E-state index is 0.0244. The van der Waals surface area contributed by atoms with Crippen LogP contribution in [0.5, 0.6) is 17.2 Å². The molecule has 3 aromatic rings. The summed E-state index contributed by atoms with van der Waals surface area (Å²) >= 11 is 4.11. The van der Waals surface area contributed by atoms with Gasteiger partial charge in [0.1, 0.15) is 22.2 Å². The summed E-state index contributed by atoms with van der Waals surface area (Å²) in [6, 6.07) is 9.96. The van der Waals surface area contributed by atoms with Gasteiger partial charge < -0.3 is 19.7 Å².